The number of rotatable bonds is 4. The third-order valence-corrected chi connectivity index (χ3v) is 4.81. The molecule has 4 rings (SSSR count). The van der Waals surface area contributed by atoms with Crippen LogP contribution in [0, 0.1) is 11.3 Å². The first-order valence-electron chi connectivity index (χ1n) is 9.17. The maximum atomic E-state index is 12.7. The second kappa shape index (κ2) is 7.87. The van der Waals surface area contributed by atoms with E-state index in [-0.39, 0.29) is 5.57 Å². The number of hydrogen-bond donors (Lipinski definition) is 1. The predicted octanol–water partition coefficient (Wildman–Crippen LogP) is 5.55. The highest BCUT2D eigenvalue weighted by Crippen LogP contribution is 2.30. The average molecular weight is 378 g/mol. The van der Waals surface area contributed by atoms with E-state index in [0.717, 1.165) is 27.1 Å². The Labute approximate surface area is 168 Å². The molecule has 0 fully saturated rings. The quantitative estimate of drug-likeness (QED) is 0.288. The lowest BCUT2D eigenvalue weighted by Gasteiger charge is -2.10. The molecule has 140 valence electrons. The van der Waals surface area contributed by atoms with Gasteiger partial charge in [0.05, 0.1) is 7.11 Å². The average Bonchev–Trinajstić information content (AvgIpc) is 2.77. The summed E-state index contributed by atoms with van der Waals surface area (Å²) in [5.41, 5.74) is 1.50. The van der Waals surface area contributed by atoms with Crippen molar-refractivity contribution in [3.63, 3.8) is 0 Å². The van der Waals surface area contributed by atoms with Crippen LogP contribution in [0.2, 0.25) is 0 Å². The summed E-state index contributed by atoms with van der Waals surface area (Å²) in [4.78, 5) is 12.7. The highest BCUT2D eigenvalue weighted by atomic mass is 16.5. The van der Waals surface area contributed by atoms with Crippen LogP contribution in [0.3, 0.4) is 0 Å². The molecule has 0 heterocycles. The van der Waals surface area contributed by atoms with Crippen molar-refractivity contribution in [1.29, 1.82) is 5.26 Å². The molecule has 0 radical (unpaired) electrons. The van der Waals surface area contributed by atoms with Crippen molar-refractivity contribution in [1.82, 2.24) is 0 Å². The Morgan fingerprint density at radius 1 is 0.931 bits per heavy atom. The fourth-order valence-corrected chi connectivity index (χ4v) is 3.37. The molecule has 4 aromatic rings. The standard InChI is InChI=1S/C25H18N2O2/c1-29-21-12-10-20(11-13-21)27-25(28)19(16-26)15-24-22-8-4-2-6-17(22)14-18-7-3-5-9-23(18)24/h2-15H,1H3,(H,27,28)/b19-15-. The van der Waals surface area contributed by atoms with E-state index in [2.05, 4.69) is 11.4 Å². The summed E-state index contributed by atoms with van der Waals surface area (Å²) in [5.74, 6) is 0.246. The van der Waals surface area contributed by atoms with Gasteiger partial charge in [-0.05, 0) is 63.5 Å². The first-order valence-corrected chi connectivity index (χ1v) is 9.17. The number of nitriles is 1. The molecule has 0 aliphatic rings. The topological polar surface area (TPSA) is 62.1 Å². The number of carbonyl (C=O) groups is 1. The van der Waals surface area contributed by atoms with Crippen molar-refractivity contribution in [2.45, 2.75) is 0 Å². The van der Waals surface area contributed by atoms with Gasteiger partial charge < -0.3 is 10.1 Å². The third kappa shape index (κ3) is 3.67. The van der Waals surface area contributed by atoms with Crippen molar-refractivity contribution in [2.75, 3.05) is 12.4 Å². The Morgan fingerprint density at radius 3 is 2.07 bits per heavy atom. The van der Waals surface area contributed by atoms with Gasteiger partial charge in [0.15, 0.2) is 0 Å². The number of fused-ring (bicyclic) bond motifs is 2. The van der Waals surface area contributed by atoms with Crippen LogP contribution in [0.5, 0.6) is 5.75 Å². The van der Waals surface area contributed by atoms with Gasteiger partial charge in [0, 0.05) is 5.69 Å². The lowest BCUT2D eigenvalue weighted by atomic mass is 9.95. The summed E-state index contributed by atoms with van der Waals surface area (Å²) in [6, 6.07) is 27.1. The van der Waals surface area contributed by atoms with Crippen LogP contribution in [-0.4, -0.2) is 13.0 Å². The van der Waals surface area contributed by atoms with Crippen LogP contribution in [0.15, 0.2) is 84.4 Å². The minimum Gasteiger partial charge on any atom is -0.497 e. The lowest BCUT2D eigenvalue weighted by Crippen LogP contribution is -2.13. The molecule has 0 unspecified atom stereocenters. The molecule has 1 amide bonds. The van der Waals surface area contributed by atoms with Crippen LogP contribution in [0.4, 0.5) is 5.69 Å². The van der Waals surface area contributed by atoms with E-state index in [1.54, 1.807) is 37.5 Å². The van der Waals surface area contributed by atoms with Gasteiger partial charge in [0.25, 0.3) is 5.91 Å². The highest BCUT2D eigenvalue weighted by molar-refractivity contribution is 6.14. The number of hydrogen-bond acceptors (Lipinski definition) is 3. The highest BCUT2D eigenvalue weighted by Gasteiger charge is 2.13. The Kier molecular flexibility index (Phi) is 4.96. The second-order valence-corrected chi connectivity index (χ2v) is 6.58. The molecule has 0 bridgehead atoms. The molecule has 0 saturated carbocycles. The predicted molar refractivity (Wildman–Crippen MR) is 117 cm³/mol. The minimum absolute atomic E-state index is 0.0438. The zero-order chi connectivity index (χ0) is 20.2. The van der Waals surface area contributed by atoms with E-state index < -0.39 is 5.91 Å². The van der Waals surface area contributed by atoms with Crippen LogP contribution in [0.25, 0.3) is 27.6 Å². The Hall–Kier alpha value is -4.10. The molecule has 0 aliphatic heterocycles. The number of benzene rings is 4. The molecule has 1 N–H and O–H groups in total. The van der Waals surface area contributed by atoms with E-state index in [9.17, 15) is 10.1 Å². The van der Waals surface area contributed by atoms with Gasteiger partial charge in [0.1, 0.15) is 17.4 Å². The van der Waals surface area contributed by atoms with E-state index >= 15 is 0 Å². The van der Waals surface area contributed by atoms with Gasteiger partial charge in [0.2, 0.25) is 0 Å². The maximum Gasteiger partial charge on any atom is 0.266 e. The fourth-order valence-electron chi connectivity index (χ4n) is 3.37. The summed E-state index contributed by atoms with van der Waals surface area (Å²) in [6.07, 6.45) is 1.67. The number of methoxy groups -OCH3 is 1. The Morgan fingerprint density at radius 2 is 1.52 bits per heavy atom. The van der Waals surface area contributed by atoms with Crippen LogP contribution in [0.1, 0.15) is 5.56 Å². The Bertz CT molecular complexity index is 1230. The molecule has 0 spiro atoms. The van der Waals surface area contributed by atoms with Crippen molar-refractivity contribution < 1.29 is 9.53 Å². The number of amides is 1. The minimum atomic E-state index is -0.449. The van der Waals surface area contributed by atoms with Gasteiger partial charge in [-0.15, -0.1) is 0 Å². The molecular weight excluding hydrogens is 360 g/mol. The summed E-state index contributed by atoms with van der Waals surface area (Å²) in [6.45, 7) is 0. The SMILES string of the molecule is COc1ccc(NC(=O)/C(C#N)=C\c2c3ccccc3cc3ccccc23)cc1. The van der Waals surface area contributed by atoms with Crippen molar-refractivity contribution in [3.05, 3.63) is 90.0 Å². The Balaban J connectivity index is 1.78. The molecule has 0 aliphatic carbocycles. The summed E-state index contributed by atoms with van der Waals surface area (Å²) in [5, 5.41) is 16.6. The number of nitrogens with one attached hydrogen (secondary N) is 1. The zero-order valence-corrected chi connectivity index (χ0v) is 15.8. The molecule has 0 atom stereocenters. The molecule has 4 heteroatoms. The zero-order valence-electron chi connectivity index (χ0n) is 15.8. The van der Waals surface area contributed by atoms with Gasteiger partial charge in [-0.25, -0.2) is 0 Å². The number of carbonyl (C=O) groups excluding carboxylic acids is 1. The van der Waals surface area contributed by atoms with Gasteiger partial charge in [-0.1, -0.05) is 48.5 Å². The molecule has 0 saturated heterocycles. The van der Waals surface area contributed by atoms with Gasteiger partial charge in [-0.3, -0.25) is 4.79 Å². The largest absolute Gasteiger partial charge is 0.497 e. The van der Waals surface area contributed by atoms with E-state index in [1.807, 2.05) is 54.6 Å². The molecule has 29 heavy (non-hydrogen) atoms. The second-order valence-electron chi connectivity index (χ2n) is 6.58. The summed E-state index contributed by atoms with van der Waals surface area (Å²) >= 11 is 0. The fraction of sp³-hybridized carbons (Fsp3) is 0.0400. The third-order valence-electron chi connectivity index (χ3n) is 4.81. The summed E-state index contributed by atoms with van der Waals surface area (Å²) in [7, 11) is 1.58. The molecule has 4 aromatic carbocycles. The van der Waals surface area contributed by atoms with Crippen molar-refractivity contribution in [3.8, 4) is 11.8 Å². The van der Waals surface area contributed by atoms with Crippen LogP contribution < -0.4 is 10.1 Å². The van der Waals surface area contributed by atoms with Crippen molar-refractivity contribution >= 4 is 39.2 Å². The van der Waals surface area contributed by atoms with E-state index in [1.165, 1.54) is 0 Å². The molecular formula is C25H18N2O2. The normalized spacial score (nSPS) is 11.2. The number of nitrogens with zero attached hydrogens (tertiary/aromatic N) is 1. The maximum absolute atomic E-state index is 12.7. The number of ether oxygens (including phenoxy) is 1. The lowest BCUT2D eigenvalue weighted by molar-refractivity contribution is -0.112. The van der Waals surface area contributed by atoms with Gasteiger partial charge >= 0.3 is 0 Å². The monoisotopic (exact) mass is 378 g/mol. The van der Waals surface area contributed by atoms with E-state index in [4.69, 9.17) is 4.74 Å². The molecule has 4 nitrogen and oxygen atoms in total. The van der Waals surface area contributed by atoms with E-state index in [0.29, 0.717) is 11.4 Å². The smallest absolute Gasteiger partial charge is 0.266 e. The van der Waals surface area contributed by atoms with Crippen LogP contribution >= 0.6 is 0 Å². The summed E-state index contributed by atoms with van der Waals surface area (Å²) < 4.78 is 5.13. The van der Waals surface area contributed by atoms with Gasteiger partial charge in [-0.2, -0.15) is 5.26 Å². The first kappa shape index (κ1) is 18.3. The van der Waals surface area contributed by atoms with Crippen molar-refractivity contribution in [2.24, 2.45) is 0 Å². The van der Waals surface area contributed by atoms with Crippen LogP contribution in [-0.2, 0) is 4.79 Å². The number of anilines is 1. The first-order chi connectivity index (χ1) is 14.2. The molecule has 0 aromatic heterocycles.